The van der Waals surface area contributed by atoms with Gasteiger partial charge in [0.2, 0.25) is 11.8 Å². The lowest BCUT2D eigenvalue weighted by molar-refractivity contribution is -0.139. The number of amides is 2. The van der Waals surface area contributed by atoms with Gasteiger partial charge in [0.05, 0.1) is 40.5 Å². The van der Waals surface area contributed by atoms with Gasteiger partial charge < -0.3 is 29.9 Å². The number of benzene rings is 2. The second-order valence-corrected chi connectivity index (χ2v) is 11.8. The number of piperidine rings is 1. The standard InChI is InChI=1S/C30H31ClF4N6O4/c1-29(2)16-7-6-8-22(24(16)27(43)41(29)4)45-26-17(30(33,34)35)13-36-28(39-26)38-21-12-18(31)15(11-23(21)44-5)25(42)37-20-9-10-40(3)14-19(20)32/h6-8,11-13,19-20H,9-10,14H2,1-5H3,(H,37,42)(H,36,38,39)/t19-,20+/m1/s1. The van der Waals surface area contributed by atoms with Gasteiger partial charge in [-0.3, -0.25) is 9.59 Å². The highest BCUT2D eigenvalue weighted by Gasteiger charge is 2.43. The summed E-state index contributed by atoms with van der Waals surface area (Å²) in [6.45, 7) is 4.42. The molecule has 1 saturated heterocycles. The first-order valence-electron chi connectivity index (χ1n) is 13.9. The van der Waals surface area contributed by atoms with Crippen LogP contribution in [0.4, 0.5) is 29.2 Å². The minimum Gasteiger partial charge on any atom is -0.495 e. The van der Waals surface area contributed by atoms with Gasteiger partial charge >= 0.3 is 6.18 Å². The Morgan fingerprint density at radius 1 is 1.18 bits per heavy atom. The minimum absolute atomic E-state index is 0.0121. The van der Waals surface area contributed by atoms with E-state index in [1.807, 2.05) is 18.7 Å². The maximum Gasteiger partial charge on any atom is 0.423 e. The number of rotatable bonds is 7. The molecule has 5 rings (SSSR count). The lowest BCUT2D eigenvalue weighted by Crippen LogP contribution is -2.51. The van der Waals surface area contributed by atoms with Crippen LogP contribution in [-0.4, -0.2) is 78.1 Å². The Bertz CT molecular complexity index is 1650. The molecule has 0 unspecified atom stereocenters. The summed E-state index contributed by atoms with van der Waals surface area (Å²) in [4.78, 5) is 37.1. The van der Waals surface area contributed by atoms with E-state index < -0.39 is 47.2 Å². The van der Waals surface area contributed by atoms with Gasteiger partial charge in [0.15, 0.2) is 0 Å². The van der Waals surface area contributed by atoms with Crippen molar-refractivity contribution in [3.63, 3.8) is 0 Å². The Kier molecular flexibility index (Phi) is 8.57. The van der Waals surface area contributed by atoms with Crippen molar-refractivity contribution < 1.29 is 36.6 Å². The Morgan fingerprint density at radius 2 is 1.91 bits per heavy atom. The molecule has 2 amide bonds. The van der Waals surface area contributed by atoms with Crippen LogP contribution in [0.2, 0.25) is 5.02 Å². The van der Waals surface area contributed by atoms with E-state index in [0.29, 0.717) is 24.7 Å². The molecule has 10 nitrogen and oxygen atoms in total. The molecule has 2 atom stereocenters. The molecule has 3 heterocycles. The number of aromatic nitrogens is 2. The zero-order chi connectivity index (χ0) is 32.8. The van der Waals surface area contributed by atoms with E-state index in [9.17, 15) is 27.2 Å². The molecular weight excluding hydrogens is 620 g/mol. The highest BCUT2D eigenvalue weighted by molar-refractivity contribution is 6.34. The largest absolute Gasteiger partial charge is 0.495 e. The van der Waals surface area contributed by atoms with Gasteiger partial charge in [-0.15, -0.1) is 0 Å². The number of nitrogens with one attached hydrogen (secondary N) is 2. The van der Waals surface area contributed by atoms with Crippen molar-refractivity contribution in [1.82, 2.24) is 25.1 Å². The molecule has 0 bridgehead atoms. The van der Waals surface area contributed by atoms with Crippen LogP contribution in [0.1, 0.15) is 52.1 Å². The number of alkyl halides is 4. The summed E-state index contributed by atoms with van der Waals surface area (Å²) in [5.74, 6) is -2.18. The average molecular weight is 651 g/mol. The molecule has 0 spiro atoms. The van der Waals surface area contributed by atoms with E-state index in [4.69, 9.17) is 21.1 Å². The number of hydrogen-bond acceptors (Lipinski definition) is 8. The van der Waals surface area contributed by atoms with E-state index in [0.717, 1.165) is 0 Å². The number of carbonyl (C=O) groups excluding carboxylic acids is 2. The highest BCUT2D eigenvalue weighted by atomic mass is 35.5. The fourth-order valence-electron chi connectivity index (χ4n) is 5.33. The van der Waals surface area contributed by atoms with Crippen molar-refractivity contribution in [2.24, 2.45) is 0 Å². The molecule has 3 aromatic rings. The smallest absolute Gasteiger partial charge is 0.423 e. The minimum atomic E-state index is -4.88. The Hall–Kier alpha value is -4.17. The van der Waals surface area contributed by atoms with Gasteiger partial charge in [-0.1, -0.05) is 23.7 Å². The molecule has 0 radical (unpaired) electrons. The number of hydrogen-bond donors (Lipinski definition) is 2. The first kappa shape index (κ1) is 32.2. The SMILES string of the molecule is COc1cc(C(=O)N[C@H]2CCN(C)C[C@H]2F)c(Cl)cc1Nc1ncc(C(F)(F)F)c(Oc2cccc3c2C(=O)N(C)C3(C)C)n1. The van der Waals surface area contributed by atoms with Crippen LogP contribution in [0.3, 0.4) is 0 Å². The lowest BCUT2D eigenvalue weighted by atomic mass is 9.94. The summed E-state index contributed by atoms with van der Waals surface area (Å²) in [5, 5.41) is 5.39. The zero-order valence-electron chi connectivity index (χ0n) is 25.1. The maximum absolute atomic E-state index is 14.5. The third kappa shape index (κ3) is 6.21. The third-order valence-corrected chi connectivity index (χ3v) is 8.46. The summed E-state index contributed by atoms with van der Waals surface area (Å²) in [6, 6.07) is 6.64. The lowest BCUT2D eigenvalue weighted by Gasteiger charge is -2.32. The van der Waals surface area contributed by atoms with Crippen LogP contribution in [0.15, 0.2) is 36.5 Å². The number of likely N-dealkylation sites (tertiary alicyclic amines) is 1. The molecule has 15 heteroatoms. The Labute approximate surface area is 261 Å². The van der Waals surface area contributed by atoms with Gasteiger partial charge in [0.1, 0.15) is 23.2 Å². The maximum atomic E-state index is 14.5. The fourth-order valence-corrected chi connectivity index (χ4v) is 5.58. The van der Waals surface area contributed by atoms with Crippen LogP contribution in [0, 0.1) is 0 Å². The Morgan fingerprint density at radius 3 is 2.58 bits per heavy atom. The molecule has 2 N–H and O–H groups in total. The van der Waals surface area contributed by atoms with Gasteiger partial charge in [-0.25, -0.2) is 9.37 Å². The van der Waals surface area contributed by atoms with E-state index in [-0.39, 0.29) is 45.8 Å². The normalized spacial score (nSPS) is 19.7. The van der Waals surface area contributed by atoms with Crippen LogP contribution in [-0.2, 0) is 11.7 Å². The first-order chi connectivity index (χ1) is 21.1. The number of carbonyl (C=O) groups is 2. The highest BCUT2D eigenvalue weighted by Crippen LogP contribution is 2.44. The van der Waals surface area contributed by atoms with Crippen molar-refractivity contribution in [1.29, 1.82) is 0 Å². The number of anilines is 2. The van der Waals surface area contributed by atoms with Gasteiger partial charge in [0, 0.05) is 26.3 Å². The first-order valence-corrected chi connectivity index (χ1v) is 14.3. The third-order valence-electron chi connectivity index (χ3n) is 8.15. The van der Waals surface area contributed by atoms with E-state index in [1.54, 1.807) is 26.2 Å². The van der Waals surface area contributed by atoms with E-state index in [2.05, 4.69) is 20.6 Å². The molecule has 45 heavy (non-hydrogen) atoms. The number of methoxy groups -OCH3 is 1. The van der Waals surface area contributed by atoms with Gasteiger partial charge in [0.25, 0.3) is 11.8 Å². The summed E-state index contributed by atoms with van der Waals surface area (Å²) in [6.07, 6.45) is -5.17. The van der Waals surface area contributed by atoms with Crippen molar-refractivity contribution in [3.05, 3.63) is 63.8 Å². The fraction of sp³-hybridized carbons (Fsp3) is 0.400. The molecule has 0 aliphatic carbocycles. The monoisotopic (exact) mass is 650 g/mol. The summed E-state index contributed by atoms with van der Waals surface area (Å²) in [7, 11) is 4.71. The van der Waals surface area contributed by atoms with Crippen molar-refractivity contribution in [3.8, 4) is 17.4 Å². The van der Waals surface area contributed by atoms with E-state index in [1.165, 1.54) is 30.2 Å². The van der Waals surface area contributed by atoms with Crippen molar-refractivity contribution in [2.45, 2.75) is 44.2 Å². The Balaban J connectivity index is 1.45. The van der Waals surface area contributed by atoms with Gasteiger partial charge in [-0.05, 0) is 51.1 Å². The van der Waals surface area contributed by atoms with E-state index >= 15 is 0 Å². The molecule has 1 aromatic heterocycles. The summed E-state index contributed by atoms with van der Waals surface area (Å²) in [5.41, 5.74) is -1.11. The molecule has 2 aromatic carbocycles. The number of halogens is 5. The summed E-state index contributed by atoms with van der Waals surface area (Å²) >= 11 is 6.41. The molecular formula is C30H31ClF4N6O4. The van der Waals surface area contributed by atoms with Crippen LogP contribution in [0.5, 0.6) is 17.4 Å². The molecule has 240 valence electrons. The van der Waals surface area contributed by atoms with Crippen molar-refractivity contribution in [2.75, 3.05) is 39.6 Å². The molecule has 1 fully saturated rings. The molecule has 0 saturated carbocycles. The second-order valence-electron chi connectivity index (χ2n) is 11.4. The van der Waals surface area contributed by atoms with Crippen LogP contribution >= 0.6 is 11.6 Å². The molecule has 2 aliphatic heterocycles. The van der Waals surface area contributed by atoms with Crippen LogP contribution < -0.4 is 20.1 Å². The topological polar surface area (TPSA) is 109 Å². The predicted molar refractivity (Wildman–Crippen MR) is 158 cm³/mol. The number of nitrogens with zero attached hydrogens (tertiary/aromatic N) is 4. The van der Waals surface area contributed by atoms with Gasteiger partial charge in [-0.2, -0.15) is 18.2 Å². The zero-order valence-corrected chi connectivity index (χ0v) is 25.8. The number of fused-ring (bicyclic) bond motifs is 1. The molecule has 2 aliphatic rings. The summed E-state index contributed by atoms with van der Waals surface area (Å²) < 4.78 is 67.6. The quantitative estimate of drug-likeness (QED) is 0.310. The van der Waals surface area contributed by atoms with Crippen LogP contribution in [0.25, 0.3) is 0 Å². The number of ether oxygens (including phenoxy) is 2. The predicted octanol–water partition coefficient (Wildman–Crippen LogP) is 5.79. The average Bonchev–Trinajstić information content (AvgIpc) is 3.14. The second kappa shape index (κ2) is 12.0. The van der Waals surface area contributed by atoms with Crippen molar-refractivity contribution >= 4 is 35.1 Å².